The summed E-state index contributed by atoms with van der Waals surface area (Å²) in [7, 11) is 0. The van der Waals surface area contributed by atoms with Gasteiger partial charge in [0.25, 0.3) is 0 Å². The van der Waals surface area contributed by atoms with Crippen molar-refractivity contribution in [1.29, 1.82) is 0 Å². The normalized spacial score (nSPS) is 20.1. The van der Waals surface area contributed by atoms with Gasteiger partial charge in [0.2, 0.25) is 0 Å². The number of rotatable bonds is 5. The highest BCUT2D eigenvalue weighted by Gasteiger charge is 2.17. The Morgan fingerprint density at radius 2 is 2.39 bits per heavy atom. The quantitative estimate of drug-likeness (QED) is 0.808. The average molecular weight is 249 g/mol. The molecule has 1 N–H and O–H groups in total. The van der Waals surface area contributed by atoms with Crippen molar-refractivity contribution in [2.24, 2.45) is 0 Å². The van der Waals surface area contributed by atoms with Crippen LogP contribution in [0.25, 0.3) is 0 Å². The molecule has 1 unspecified atom stereocenters. The van der Waals surface area contributed by atoms with Gasteiger partial charge in [-0.25, -0.2) is 4.98 Å². The van der Waals surface area contributed by atoms with Gasteiger partial charge < -0.3 is 15.0 Å². The highest BCUT2D eigenvalue weighted by molar-refractivity contribution is 5.39. The van der Waals surface area contributed by atoms with Crippen LogP contribution in [0.5, 0.6) is 0 Å². The smallest absolute Gasteiger partial charge is 0.128 e. The molecule has 1 atom stereocenters. The van der Waals surface area contributed by atoms with Crippen LogP contribution in [0, 0.1) is 0 Å². The molecule has 1 saturated heterocycles. The highest BCUT2D eigenvalue weighted by atomic mass is 16.5. The molecule has 1 aliphatic rings. The Kier molecular flexibility index (Phi) is 4.96. The van der Waals surface area contributed by atoms with E-state index in [0.29, 0.717) is 6.10 Å². The summed E-state index contributed by atoms with van der Waals surface area (Å²) in [5, 5.41) is 3.38. The third-order valence-corrected chi connectivity index (χ3v) is 3.13. The maximum absolute atomic E-state index is 5.54. The number of nitrogens with one attached hydrogen (secondary N) is 1. The fourth-order valence-electron chi connectivity index (χ4n) is 2.14. The summed E-state index contributed by atoms with van der Waals surface area (Å²) < 4.78 is 5.54. The topological polar surface area (TPSA) is 37.4 Å². The van der Waals surface area contributed by atoms with E-state index < -0.39 is 0 Å². The van der Waals surface area contributed by atoms with E-state index in [2.05, 4.69) is 41.2 Å². The predicted molar refractivity (Wildman–Crippen MR) is 73.9 cm³/mol. The molecule has 4 nitrogen and oxygen atoms in total. The molecule has 2 heterocycles. The van der Waals surface area contributed by atoms with E-state index in [1.807, 2.05) is 6.20 Å². The Hall–Kier alpha value is -1.13. The van der Waals surface area contributed by atoms with Gasteiger partial charge in [-0.15, -0.1) is 0 Å². The molecule has 18 heavy (non-hydrogen) atoms. The van der Waals surface area contributed by atoms with Crippen LogP contribution in [0.15, 0.2) is 18.3 Å². The van der Waals surface area contributed by atoms with Crippen molar-refractivity contribution in [3.63, 3.8) is 0 Å². The van der Waals surface area contributed by atoms with E-state index in [4.69, 9.17) is 4.74 Å². The number of aromatic nitrogens is 1. The molecule has 0 aliphatic carbocycles. The monoisotopic (exact) mass is 249 g/mol. The maximum Gasteiger partial charge on any atom is 0.128 e. The fraction of sp³-hybridized carbons (Fsp3) is 0.643. The molecule has 0 bridgehead atoms. The second-order valence-corrected chi connectivity index (χ2v) is 4.83. The lowest BCUT2D eigenvalue weighted by Gasteiger charge is -2.32. The summed E-state index contributed by atoms with van der Waals surface area (Å²) in [4.78, 5) is 6.84. The van der Waals surface area contributed by atoms with Crippen molar-refractivity contribution in [1.82, 2.24) is 10.3 Å². The van der Waals surface area contributed by atoms with Crippen molar-refractivity contribution in [2.75, 3.05) is 31.1 Å². The van der Waals surface area contributed by atoms with Crippen LogP contribution in [0.2, 0.25) is 0 Å². The van der Waals surface area contributed by atoms with E-state index in [0.717, 1.165) is 45.0 Å². The van der Waals surface area contributed by atoms with Crippen LogP contribution < -0.4 is 10.2 Å². The molecule has 1 aromatic heterocycles. The van der Waals surface area contributed by atoms with Gasteiger partial charge in [0.05, 0.1) is 12.7 Å². The van der Waals surface area contributed by atoms with Crippen LogP contribution in [-0.2, 0) is 11.3 Å². The van der Waals surface area contributed by atoms with Gasteiger partial charge in [-0.2, -0.15) is 0 Å². The van der Waals surface area contributed by atoms with E-state index in [1.165, 1.54) is 5.56 Å². The lowest BCUT2D eigenvalue weighted by molar-refractivity contribution is 0.0529. The number of pyridine rings is 1. The predicted octanol–water partition coefficient (Wildman–Crippen LogP) is 1.81. The lowest BCUT2D eigenvalue weighted by atomic mass is 10.2. The minimum atomic E-state index is 0.298. The Bertz CT molecular complexity index is 353. The van der Waals surface area contributed by atoms with Crippen LogP contribution in [0.1, 0.15) is 25.8 Å². The van der Waals surface area contributed by atoms with Crippen molar-refractivity contribution >= 4 is 5.82 Å². The molecular formula is C14H23N3O. The molecule has 0 radical (unpaired) electrons. The van der Waals surface area contributed by atoms with E-state index >= 15 is 0 Å². The molecule has 1 aromatic rings. The molecule has 4 heteroatoms. The zero-order chi connectivity index (χ0) is 12.8. The molecular weight excluding hydrogens is 226 g/mol. The van der Waals surface area contributed by atoms with E-state index in [1.54, 1.807) is 0 Å². The van der Waals surface area contributed by atoms with E-state index in [9.17, 15) is 0 Å². The molecule has 2 rings (SSSR count). The average Bonchev–Trinajstić information content (AvgIpc) is 2.40. The van der Waals surface area contributed by atoms with Crippen molar-refractivity contribution in [2.45, 2.75) is 32.9 Å². The number of ether oxygens (including phenoxy) is 1. The Morgan fingerprint density at radius 3 is 3.06 bits per heavy atom. The number of nitrogens with zero attached hydrogens (tertiary/aromatic N) is 2. The van der Waals surface area contributed by atoms with Gasteiger partial charge in [-0.3, -0.25) is 0 Å². The van der Waals surface area contributed by atoms with Gasteiger partial charge in [0, 0.05) is 25.8 Å². The summed E-state index contributed by atoms with van der Waals surface area (Å²) in [5.74, 6) is 1.06. The summed E-state index contributed by atoms with van der Waals surface area (Å²) in [6, 6.07) is 4.27. The molecule has 0 spiro atoms. The second-order valence-electron chi connectivity index (χ2n) is 4.83. The summed E-state index contributed by atoms with van der Waals surface area (Å²) in [6.45, 7) is 8.90. The van der Waals surface area contributed by atoms with E-state index in [-0.39, 0.29) is 0 Å². The first-order chi connectivity index (χ1) is 8.79. The minimum Gasteiger partial charge on any atom is -0.375 e. The summed E-state index contributed by atoms with van der Waals surface area (Å²) in [5.41, 5.74) is 1.24. The number of hydrogen-bond donors (Lipinski definition) is 1. The number of morpholine rings is 1. The summed E-state index contributed by atoms with van der Waals surface area (Å²) in [6.07, 6.45) is 3.43. The van der Waals surface area contributed by atoms with Gasteiger partial charge in [-0.1, -0.05) is 13.0 Å². The van der Waals surface area contributed by atoms with Crippen molar-refractivity contribution in [3.8, 4) is 0 Å². The molecule has 1 fully saturated rings. The van der Waals surface area contributed by atoms with Crippen LogP contribution >= 0.6 is 0 Å². The zero-order valence-corrected chi connectivity index (χ0v) is 11.4. The van der Waals surface area contributed by atoms with Crippen LogP contribution in [0.3, 0.4) is 0 Å². The van der Waals surface area contributed by atoms with Crippen LogP contribution in [0.4, 0.5) is 5.82 Å². The number of anilines is 1. The number of hydrogen-bond acceptors (Lipinski definition) is 4. The third-order valence-electron chi connectivity index (χ3n) is 3.13. The zero-order valence-electron chi connectivity index (χ0n) is 11.4. The van der Waals surface area contributed by atoms with Crippen molar-refractivity contribution < 1.29 is 4.74 Å². The summed E-state index contributed by atoms with van der Waals surface area (Å²) >= 11 is 0. The molecule has 0 aromatic carbocycles. The largest absolute Gasteiger partial charge is 0.375 e. The third kappa shape index (κ3) is 3.68. The molecule has 0 amide bonds. The highest BCUT2D eigenvalue weighted by Crippen LogP contribution is 2.15. The maximum atomic E-state index is 5.54. The Morgan fingerprint density at radius 1 is 1.50 bits per heavy atom. The Balaban J connectivity index is 1.90. The Labute approximate surface area is 109 Å². The standard InChI is InChI=1S/C14H23N3O/c1-3-6-15-9-13-4-5-14(16-10-13)17-7-8-18-12(2)11-17/h4-5,10,12,15H,3,6-9,11H2,1-2H3. The van der Waals surface area contributed by atoms with Gasteiger partial charge >= 0.3 is 0 Å². The second kappa shape index (κ2) is 6.71. The van der Waals surface area contributed by atoms with Crippen LogP contribution in [-0.4, -0.2) is 37.3 Å². The minimum absolute atomic E-state index is 0.298. The first-order valence-corrected chi connectivity index (χ1v) is 6.81. The van der Waals surface area contributed by atoms with Gasteiger partial charge in [0.1, 0.15) is 5.82 Å². The molecule has 1 aliphatic heterocycles. The SMILES string of the molecule is CCCNCc1ccc(N2CCOC(C)C2)nc1. The fourth-order valence-corrected chi connectivity index (χ4v) is 2.14. The first-order valence-electron chi connectivity index (χ1n) is 6.81. The molecule has 100 valence electrons. The van der Waals surface area contributed by atoms with Crippen molar-refractivity contribution in [3.05, 3.63) is 23.9 Å². The lowest BCUT2D eigenvalue weighted by Crippen LogP contribution is -2.41. The van der Waals surface area contributed by atoms with Gasteiger partial charge in [0.15, 0.2) is 0 Å². The molecule has 0 saturated carbocycles. The van der Waals surface area contributed by atoms with Gasteiger partial charge in [-0.05, 0) is 31.5 Å². The first kappa shape index (κ1) is 13.3.